The van der Waals surface area contributed by atoms with Gasteiger partial charge in [0.25, 0.3) is 5.91 Å². The molecule has 3 heterocycles. The van der Waals surface area contributed by atoms with Crippen molar-refractivity contribution in [3.05, 3.63) is 53.6 Å². The molecule has 2 aromatic carbocycles. The Morgan fingerprint density at radius 1 is 0.936 bits per heavy atom. The fraction of sp³-hybridized carbons (Fsp3) is 0.528. The van der Waals surface area contributed by atoms with Crippen molar-refractivity contribution < 1.29 is 19.2 Å². The summed E-state index contributed by atoms with van der Waals surface area (Å²) in [6.45, 7) is 7.55. The molecular formula is C36H47N7O4. The first-order chi connectivity index (χ1) is 22.7. The van der Waals surface area contributed by atoms with Crippen molar-refractivity contribution in [2.45, 2.75) is 71.4 Å². The van der Waals surface area contributed by atoms with Gasteiger partial charge in [-0.1, -0.05) is 25.0 Å². The minimum atomic E-state index is -0.248. The van der Waals surface area contributed by atoms with E-state index in [1.165, 1.54) is 12.8 Å². The van der Waals surface area contributed by atoms with Crippen LogP contribution in [0.5, 0.6) is 0 Å². The molecule has 2 saturated heterocycles. The molecule has 47 heavy (non-hydrogen) atoms. The predicted octanol–water partition coefficient (Wildman–Crippen LogP) is 4.51. The highest BCUT2D eigenvalue weighted by molar-refractivity contribution is 6.04. The molecule has 0 atom stereocenters. The predicted molar refractivity (Wildman–Crippen MR) is 182 cm³/mol. The van der Waals surface area contributed by atoms with Gasteiger partial charge in [-0.2, -0.15) is 0 Å². The number of likely N-dealkylation sites (tertiary alicyclic amines) is 1. The zero-order chi connectivity index (χ0) is 32.9. The molecule has 11 heteroatoms. The maximum absolute atomic E-state index is 13.5. The number of nitrogens with one attached hydrogen (secondary N) is 1. The van der Waals surface area contributed by atoms with Gasteiger partial charge in [0.2, 0.25) is 23.7 Å². The average molecular weight is 642 g/mol. The second-order valence-electron chi connectivity index (χ2n) is 13.3. The van der Waals surface area contributed by atoms with Gasteiger partial charge >= 0.3 is 0 Å². The molecule has 1 saturated carbocycles. The molecule has 4 amide bonds. The SMILES string of the molecule is CC(=O)N1CCN(Cc2ccc(C(=O)Nc3nc4cc(N(C)C(=O)CC5CCCC5)ccc4n3CCCN3CCCC3=O)cc2)CC1. The van der Waals surface area contributed by atoms with E-state index in [0.717, 1.165) is 81.7 Å². The fourth-order valence-electron chi connectivity index (χ4n) is 7.17. The molecule has 0 spiro atoms. The van der Waals surface area contributed by atoms with Crippen molar-refractivity contribution >= 4 is 46.3 Å². The van der Waals surface area contributed by atoms with Crippen LogP contribution in [0.1, 0.15) is 74.2 Å². The van der Waals surface area contributed by atoms with Gasteiger partial charge in [0.15, 0.2) is 0 Å². The van der Waals surface area contributed by atoms with Gasteiger partial charge in [-0.05, 0) is 67.5 Å². The Morgan fingerprint density at radius 2 is 1.68 bits per heavy atom. The lowest BCUT2D eigenvalue weighted by Crippen LogP contribution is -2.47. The number of nitrogens with zero attached hydrogens (tertiary/aromatic N) is 6. The van der Waals surface area contributed by atoms with E-state index in [9.17, 15) is 19.2 Å². The van der Waals surface area contributed by atoms with Crippen LogP contribution < -0.4 is 10.2 Å². The number of hydrogen-bond acceptors (Lipinski definition) is 6. The smallest absolute Gasteiger partial charge is 0.257 e. The molecule has 250 valence electrons. The number of anilines is 2. The molecule has 2 aliphatic heterocycles. The van der Waals surface area contributed by atoms with Crippen LogP contribution in [0.25, 0.3) is 11.0 Å². The summed E-state index contributed by atoms with van der Waals surface area (Å²) < 4.78 is 2.01. The second kappa shape index (κ2) is 14.7. The van der Waals surface area contributed by atoms with E-state index in [0.29, 0.717) is 48.9 Å². The number of piperazine rings is 1. The molecule has 0 radical (unpaired) electrons. The van der Waals surface area contributed by atoms with E-state index in [1.54, 1.807) is 11.8 Å². The lowest BCUT2D eigenvalue weighted by Gasteiger charge is -2.34. The highest BCUT2D eigenvalue weighted by Crippen LogP contribution is 2.30. The maximum atomic E-state index is 13.5. The van der Waals surface area contributed by atoms with Gasteiger partial charge in [0, 0.05) is 90.4 Å². The Bertz CT molecular complexity index is 1600. The van der Waals surface area contributed by atoms with Crippen molar-refractivity contribution in [2.75, 3.05) is 56.5 Å². The summed E-state index contributed by atoms with van der Waals surface area (Å²) in [5.41, 5.74) is 4.00. The minimum Gasteiger partial charge on any atom is -0.343 e. The quantitative estimate of drug-likeness (QED) is 0.330. The Morgan fingerprint density at radius 3 is 2.36 bits per heavy atom. The van der Waals surface area contributed by atoms with E-state index >= 15 is 0 Å². The standard InChI is InChI=1S/C36H47N7O4/c1-26(44)41-21-19-40(20-22-41)25-28-10-12-29(13-11-28)35(47)38-36-37-31-24-30(39(2)34(46)23-27-7-3-4-8-27)14-15-32(31)43(36)18-6-17-42-16-5-9-33(42)45/h10-15,24,27H,3-9,16-23,25H2,1-2H3,(H,37,38,47). The topological polar surface area (TPSA) is 111 Å². The van der Waals surface area contributed by atoms with Crippen molar-refractivity contribution in [3.63, 3.8) is 0 Å². The zero-order valence-corrected chi connectivity index (χ0v) is 27.7. The molecule has 3 fully saturated rings. The molecule has 11 nitrogen and oxygen atoms in total. The first-order valence-corrected chi connectivity index (χ1v) is 17.2. The summed E-state index contributed by atoms with van der Waals surface area (Å²) in [5.74, 6) is 1.10. The number of rotatable bonds is 11. The van der Waals surface area contributed by atoms with Crippen molar-refractivity contribution in [1.29, 1.82) is 0 Å². The van der Waals surface area contributed by atoms with Crippen LogP contribution in [-0.2, 0) is 27.5 Å². The summed E-state index contributed by atoms with van der Waals surface area (Å²) in [4.78, 5) is 63.0. The van der Waals surface area contributed by atoms with E-state index < -0.39 is 0 Å². The van der Waals surface area contributed by atoms with Crippen molar-refractivity contribution in [3.8, 4) is 0 Å². The second-order valence-corrected chi connectivity index (χ2v) is 13.3. The molecule has 6 rings (SSSR count). The first kappa shape index (κ1) is 32.7. The summed E-state index contributed by atoms with van der Waals surface area (Å²) in [5, 5.41) is 3.04. The molecule has 3 aliphatic rings. The van der Waals surface area contributed by atoms with Gasteiger partial charge in [0.05, 0.1) is 11.0 Å². The van der Waals surface area contributed by atoms with Crippen LogP contribution in [0.15, 0.2) is 42.5 Å². The van der Waals surface area contributed by atoms with E-state index in [1.807, 2.05) is 63.9 Å². The van der Waals surface area contributed by atoms with Crippen LogP contribution in [0.4, 0.5) is 11.6 Å². The van der Waals surface area contributed by atoms with E-state index in [4.69, 9.17) is 4.98 Å². The van der Waals surface area contributed by atoms with Gasteiger partial charge in [-0.15, -0.1) is 0 Å². The van der Waals surface area contributed by atoms with Crippen molar-refractivity contribution in [1.82, 2.24) is 24.3 Å². The van der Waals surface area contributed by atoms with E-state index in [-0.39, 0.29) is 23.6 Å². The highest BCUT2D eigenvalue weighted by atomic mass is 16.2. The lowest BCUT2D eigenvalue weighted by molar-refractivity contribution is -0.130. The van der Waals surface area contributed by atoms with Crippen LogP contribution in [0.2, 0.25) is 0 Å². The number of carbonyl (C=O) groups excluding carboxylic acids is 4. The minimum absolute atomic E-state index is 0.112. The van der Waals surface area contributed by atoms with Gasteiger partial charge < -0.3 is 19.3 Å². The fourth-order valence-corrected chi connectivity index (χ4v) is 7.17. The Labute approximate surface area is 276 Å². The van der Waals surface area contributed by atoms with Crippen molar-refractivity contribution in [2.24, 2.45) is 5.92 Å². The van der Waals surface area contributed by atoms with Gasteiger partial charge in [-0.25, -0.2) is 4.98 Å². The molecule has 1 aliphatic carbocycles. The lowest BCUT2D eigenvalue weighted by atomic mass is 10.0. The molecule has 0 bridgehead atoms. The third kappa shape index (κ3) is 7.84. The third-order valence-corrected chi connectivity index (χ3v) is 10.1. The molecule has 0 unspecified atom stereocenters. The number of amides is 4. The van der Waals surface area contributed by atoms with Crippen LogP contribution in [0, 0.1) is 5.92 Å². The van der Waals surface area contributed by atoms with Crippen LogP contribution >= 0.6 is 0 Å². The number of fused-ring (bicyclic) bond motifs is 1. The number of hydrogen-bond donors (Lipinski definition) is 1. The molecule has 3 aromatic rings. The summed E-state index contributed by atoms with van der Waals surface area (Å²) in [6, 6.07) is 13.5. The zero-order valence-electron chi connectivity index (χ0n) is 27.7. The monoisotopic (exact) mass is 641 g/mol. The number of carbonyl (C=O) groups is 4. The average Bonchev–Trinajstić information content (AvgIpc) is 3.82. The van der Waals surface area contributed by atoms with Crippen LogP contribution in [0.3, 0.4) is 0 Å². The number of benzene rings is 2. The van der Waals surface area contributed by atoms with Gasteiger partial charge in [0.1, 0.15) is 0 Å². The number of aromatic nitrogens is 2. The largest absolute Gasteiger partial charge is 0.343 e. The normalized spacial score (nSPS) is 17.5. The van der Waals surface area contributed by atoms with Gasteiger partial charge in [-0.3, -0.25) is 29.4 Å². The maximum Gasteiger partial charge on any atom is 0.257 e. The first-order valence-electron chi connectivity index (χ1n) is 17.2. The Hall–Kier alpha value is -4.25. The van der Waals surface area contributed by atoms with E-state index in [2.05, 4.69) is 10.2 Å². The Kier molecular flexibility index (Phi) is 10.2. The highest BCUT2D eigenvalue weighted by Gasteiger charge is 2.24. The number of imidazole rings is 1. The summed E-state index contributed by atoms with van der Waals surface area (Å²) >= 11 is 0. The molecule has 1 aromatic heterocycles. The Balaban J connectivity index is 1.16. The molecule has 1 N–H and O–H groups in total. The number of aryl methyl sites for hydroxylation is 1. The third-order valence-electron chi connectivity index (χ3n) is 10.1. The summed E-state index contributed by atoms with van der Waals surface area (Å²) in [6.07, 6.45) is 7.47. The van der Waals surface area contributed by atoms with Crippen LogP contribution in [-0.4, -0.2) is 94.2 Å². The molecular weight excluding hydrogens is 594 g/mol. The summed E-state index contributed by atoms with van der Waals surface area (Å²) in [7, 11) is 1.82.